The highest BCUT2D eigenvalue weighted by Crippen LogP contribution is 2.65. The lowest BCUT2D eigenvalue weighted by Crippen LogP contribution is -2.62. The Hall–Kier alpha value is -3.00. The second kappa shape index (κ2) is 15.0. The summed E-state index contributed by atoms with van der Waals surface area (Å²) < 4.78 is 26.2. The van der Waals surface area contributed by atoms with Gasteiger partial charge in [0.25, 0.3) is 5.91 Å². The van der Waals surface area contributed by atoms with E-state index in [1.54, 1.807) is 0 Å². The monoisotopic (exact) mass is 680 g/mol. The molecule has 3 rings (SSSR count). The molecule has 3 aliphatic rings. The number of unbranched alkanes of at least 4 members (excludes halogenated alkanes) is 1. The van der Waals surface area contributed by atoms with Crippen molar-refractivity contribution in [1.29, 1.82) is 0 Å². The number of likely N-dealkylation sites (tertiary alicyclic amines) is 1. The van der Waals surface area contributed by atoms with Gasteiger partial charge in [-0.15, -0.1) is 6.58 Å². The van der Waals surface area contributed by atoms with E-state index in [4.69, 9.17) is 0 Å². The molecule has 47 heavy (non-hydrogen) atoms. The fourth-order valence-corrected chi connectivity index (χ4v) is 8.40. The molecule has 1 aliphatic carbocycles. The summed E-state index contributed by atoms with van der Waals surface area (Å²) in [6.45, 7) is 19.8. The van der Waals surface area contributed by atoms with Gasteiger partial charge in [0.15, 0.2) is 0 Å². The van der Waals surface area contributed by atoms with Gasteiger partial charge in [-0.25, -0.2) is 13.2 Å². The Kier molecular flexibility index (Phi) is 12.3. The second-order valence-electron chi connectivity index (χ2n) is 15.3. The number of rotatable bonds is 15. The second-order valence-corrected chi connectivity index (χ2v) is 17.3. The predicted molar refractivity (Wildman–Crippen MR) is 179 cm³/mol. The molecule has 0 spiro atoms. The van der Waals surface area contributed by atoms with E-state index >= 15 is 0 Å². The van der Waals surface area contributed by atoms with Crippen molar-refractivity contribution in [1.82, 2.24) is 30.5 Å². The third kappa shape index (κ3) is 8.92. The first-order valence-electron chi connectivity index (χ1n) is 16.9. The third-order valence-corrected chi connectivity index (χ3v) is 11.9. The Morgan fingerprint density at radius 3 is 2.26 bits per heavy atom. The molecule has 6 atom stereocenters. The van der Waals surface area contributed by atoms with Gasteiger partial charge in [-0.3, -0.25) is 19.2 Å². The number of ketones is 1. The van der Waals surface area contributed by atoms with Crippen molar-refractivity contribution in [2.45, 2.75) is 105 Å². The van der Waals surface area contributed by atoms with E-state index in [1.807, 2.05) is 55.4 Å². The predicted octanol–water partition coefficient (Wildman–Crippen LogP) is 1.79. The molecular formula is C33H56N6O7S. The number of piperidine rings is 1. The topological polar surface area (TPSA) is 174 Å². The lowest BCUT2D eigenvalue weighted by molar-refractivity contribution is -0.145. The van der Waals surface area contributed by atoms with Crippen LogP contribution < -0.4 is 21.3 Å². The normalized spacial score (nSPS) is 24.9. The Morgan fingerprint density at radius 2 is 1.72 bits per heavy atom. The molecule has 1 unspecified atom stereocenters. The minimum Gasteiger partial charge on any atom is -0.346 e. The first kappa shape index (κ1) is 38.4. The molecule has 0 aromatic carbocycles. The van der Waals surface area contributed by atoms with E-state index in [1.165, 1.54) is 15.3 Å². The zero-order valence-electron chi connectivity index (χ0n) is 29.4. The number of hydrogen-bond donors (Lipinski definition) is 4. The highest BCUT2D eigenvalue weighted by molar-refractivity contribution is 7.89. The number of amides is 5. The van der Waals surface area contributed by atoms with Gasteiger partial charge >= 0.3 is 6.03 Å². The van der Waals surface area contributed by atoms with Crippen LogP contribution in [0.2, 0.25) is 0 Å². The summed E-state index contributed by atoms with van der Waals surface area (Å²) in [5, 5.41) is 11.0. The molecular weight excluding hydrogens is 624 g/mol. The molecule has 3 fully saturated rings. The molecule has 0 aromatic heterocycles. The standard InChI is InChI=1S/C33H56N6O7S/c1-10-12-14-22(26(40)29(42)34-15-11-2)35-28(41)25-24-21(33(24,8)9)18-39(25)30(43)27(32(5,6)7)37-31(44)36-23(20(3)4)19-38-16-13-17-47(38,45)46/h11,20-25,27H,2,10,12-19H2,1,3-9H3,(H,34,42)(H,35,41)(H2,36,37,44)/t21-,22?,23+,24-,25-,27+/m0/s1. The van der Waals surface area contributed by atoms with E-state index < -0.39 is 69.1 Å². The summed E-state index contributed by atoms with van der Waals surface area (Å²) in [6.07, 6.45) is 3.65. The molecule has 14 heteroatoms. The minimum atomic E-state index is -3.36. The van der Waals surface area contributed by atoms with Crippen molar-refractivity contribution in [3.63, 3.8) is 0 Å². The number of nitrogens with one attached hydrogen (secondary N) is 4. The molecule has 0 radical (unpaired) electrons. The zero-order chi connectivity index (χ0) is 35.5. The number of Topliss-reactive ketones (excluding diaryl/α,β-unsaturated/α-hetero) is 1. The number of carbonyl (C=O) groups is 5. The number of hydrogen-bond acceptors (Lipinski definition) is 7. The molecule has 0 bridgehead atoms. The average Bonchev–Trinajstić information content (AvgIpc) is 3.27. The summed E-state index contributed by atoms with van der Waals surface area (Å²) >= 11 is 0. The van der Waals surface area contributed by atoms with Crippen LogP contribution in [0.3, 0.4) is 0 Å². The van der Waals surface area contributed by atoms with Crippen molar-refractivity contribution in [2.24, 2.45) is 28.6 Å². The van der Waals surface area contributed by atoms with Gasteiger partial charge < -0.3 is 26.2 Å². The Bertz CT molecular complexity index is 1320. The number of fused-ring (bicyclic) bond motifs is 1. The number of urea groups is 1. The van der Waals surface area contributed by atoms with Crippen LogP contribution in [-0.4, -0.2) is 103 Å². The van der Waals surface area contributed by atoms with Crippen LogP contribution in [0, 0.1) is 28.6 Å². The molecule has 0 aromatic rings. The van der Waals surface area contributed by atoms with Gasteiger partial charge in [-0.2, -0.15) is 4.31 Å². The highest BCUT2D eigenvalue weighted by Gasteiger charge is 2.70. The lowest BCUT2D eigenvalue weighted by Gasteiger charge is -2.38. The van der Waals surface area contributed by atoms with Crippen molar-refractivity contribution in [3.8, 4) is 0 Å². The smallest absolute Gasteiger partial charge is 0.315 e. The maximum Gasteiger partial charge on any atom is 0.315 e. The summed E-state index contributed by atoms with van der Waals surface area (Å²) in [6, 6.07) is -4.02. The molecule has 1 saturated carbocycles. The molecule has 2 saturated heterocycles. The van der Waals surface area contributed by atoms with Crippen LogP contribution in [0.1, 0.15) is 81.1 Å². The highest BCUT2D eigenvalue weighted by atomic mass is 32.2. The van der Waals surface area contributed by atoms with E-state index in [2.05, 4.69) is 27.8 Å². The number of carbonyl (C=O) groups excluding carboxylic acids is 5. The van der Waals surface area contributed by atoms with E-state index in [-0.39, 0.29) is 48.4 Å². The van der Waals surface area contributed by atoms with Gasteiger partial charge in [0.1, 0.15) is 12.1 Å². The van der Waals surface area contributed by atoms with E-state index in [0.29, 0.717) is 25.9 Å². The minimum absolute atomic E-state index is 0.0602. The average molecular weight is 681 g/mol. The van der Waals surface area contributed by atoms with Crippen LogP contribution in [0.5, 0.6) is 0 Å². The number of sulfonamides is 1. The molecule has 2 heterocycles. The Morgan fingerprint density at radius 1 is 1.06 bits per heavy atom. The molecule has 13 nitrogen and oxygen atoms in total. The first-order chi connectivity index (χ1) is 21.8. The summed E-state index contributed by atoms with van der Waals surface area (Å²) in [7, 11) is -3.36. The van der Waals surface area contributed by atoms with Gasteiger partial charge in [0.2, 0.25) is 27.6 Å². The SMILES string of the molecule is C=CCNC(=O)C(=O)C(CCCC)NC(=O)[C@@H]1[C@@H]2[C@H](CN1C(=O)[C@@H](NC(=O)N[C@H](CN1CCCS1(=O)=O)C(C)C)C(C)(C)C)C2(C)C. The van der Waals surface area contributed by atoms with Gasteiger partial charge in [0.05, 0.1) is 11.8 Å². The maximum atomic E-state index is 14.3. The zero-order valence-corrected chi connectivity index (χ0v) is 30.2. The third-order valence-electron chi connectivity index (χ3n) is 9.98. The van der Waals surface area contributed by atoms with E-state index in [0.717, 1.165) is 6.42 Å². The van der Waals surface area contributed by atoms with Crippen molar-refractivity contribution in [3.05, 3.63) is 12.7 Å². The molecule has 2 aliphatic heterocycles. The van der Waals surface area contributed by atoms with Crippen LogP contribution in [0.15, 0.2) is 12.7 Å². The Balaban J connectivity index is 1.81. The molecule has 266 valence electrons. The van der Waals surface area contributed by atoms with Gasteiger partial charge in [0, 0.05) is 32.2 Å². The molecule has 5 amide bonds. The number of nitrogens with zero attached hydrogens (tertiary/aromatic N) is 2. The fraction of sp³-hybridized carbons (Fsp3) is 0.788. The summed E-state index contributed by atoms with van der Waals surface area (Å²) in [4.78, 5) is 68.7. The quantitative estimate of drug-likeness (QED) is 0.151. The maximum absolute atomic E-state index is 14.3. The van der Waals surface area contributed by atoms with Gasteiger partial charge in [-0.05, 0) is 41.4 Å². The summed E-state index contributed by atoms with van der Waals surface area (Å²) in [5.74, 6) is -2.54. The van der Waals surface area contributed by atoms with Crippen molar-refractivity contribution >= 4 is 39.6 Å². The van der Waals surface area contributed by atoms with Crippen LogP contribution in [-0.2, 0) is 29.2 Å². The van der Waals surface area contributed by atoms with Crippen LogP contribution in [0.25, 0.3) is 0 Å². The van der Waals surface area contributed by atoms with Crippen molar-refractivity contribution < 1.29 is 32.4 Å². The van der Waals surface area contributed by atoms with E-state index in [9.17, 15) is 32.4 Å². The first-order valence-corrected chi connectivity index (χ1v) is 18.5. The Labute approximate surface area is 280 Å². The van der Waals surface area contributed by atoms with Gasteiger partial charge in [-0.1, -0.05) is 74.3 Å². The van der Waals surface area contributed by atoms with Crippen LogP contribution in [0.4, 0.5) is 4.79 Å². The van der Waals surface area contributed by atoms with Crippen LogP contribution >= 0.6 is 0 Å². The fourth-order valence-electron chi connectivity index (χ4n) is 6.85. The molecule has 4 N–H and O–H groups in total. The summed E-state index contributed by atoms with van der Waals surface area (Å²) in [5.41, 5.74) is -0.947. The largest absolute Gasteiger partial charge is 0.346 e. The van der Waals surface area contributed by atoms with Crippen molar-refractivity contribution in [2.75, 3.05) is 31.9 Å². The lowest BCUT2D eigenvalue weighted by atomic mass is 9.85.